The topological polar surface area (TPSA) is 39.1 Å². The summed E-state index contributed by atoms with van der Waals surface area (Å²) in [6.07, 6.45) is 2.08. The van der Waals surface area contributed by atoms with Gasteiger partial charge in [-0.15, -0.1) is 0 Å². The summed E-state index contributed by atoms with van der Waals surface area (Å²) in [5, 5.41) is 8.01. The van der Waals surface area contributed by atoms with E-state index in [-0.39, 0.29) is 0 Å². The Morgan fingerprint density at radius 1 is 1.33 bits per heavy atom. The Morgan fingerprint density at radius 3 is 2.76 bits per heavy atom. The van der Waals surface area contributed by atoms with Crippen LogP contribution in [0.25, 0.3) is 0 Å². The van der Waals surface area contributed by atoms with Gasteiger partial charge in [0.2, 0.25) is 0 Å². The first-order chi connectivity index (χ1) is 10.0. The minimum Gasteiger partial charge on any atom is -0.492 e. The van der Waals surface area contributed by atoms with Crippen molar-refractivity contribution in [2.24, 2.45) is 7.05 Å². The fourth-order valence-electron chi connectivity index (χ4n) is 2.42. The zero-order valence-electron chi connectivity index (χ0n) is 13.6. The van der Waals surface area contributed by atoms with E-state index in [4.69, 9.17) is 4.74 Å². The van der Waals surface area contributed by atoms with E-state index >= 15 is 0 Å². The minimum absolute atomic E-state index is 0.424. The minimum atomic E-state index is 0.424. The summed E-state index contributed by atoms with van der Waals surface area (Å²) in [6, 6.07) is 6.24. The van der Waals surface area contributed by atoms with Gasteiger partial charge in [0, 0.05) is 25.4 Å². The second kappa shape index (κ2) is 6.66. The zero-order valence-corrected chi connectivity index (χ0v) is 13.6. The smallest absolute Gasteiger partial charge is 0.142 e. The van der Waals surface area contributed by atoms with Crippen LogP contribution in [0.5, 0.6) is 5.75 Å². The molecule has 0 bridgehead atoms. The van der Waals surface area contributed by atoms with Crippen LogP contribution in [-0.4, -0.2) is 16.4 Å². The van der Waals surface area contributed by atoms with Gasteiger partial charge in [0.1, 0.15) is 5.75 Å². The Kier molecular flexibility index (Phi) is 4.89. The van der Waals surface area contributed by atoms with Gasteiger partial charge in [-0.1, -0.05) is 19.9 Å². The highest BCUT2D eigenvalue weighted by Crippen LogP contribution is 2.27. The van der Waals surface area contributed by atoms with Crippen LogP contribution >= 0.6 is 0 Å². The van der Waals surface area contributed by atoms with Crippen LogP contribution in [0.2, 0.25) is 0 Å². The maximum Gasteiger partial charge on any atom is 0.142 e. The summed E-state index contributed by atoms with van der Waals surface area (Å²) in [7, 11) is 1.97. The lowest BCUT2D eigenvalue weighted by atomic mass is 10.1. The molecule has 2 rings (SSSR count). The average Bonchev–Trinajstić information content (AvgIpc) is 2.80. The van der Waals surface area contributed by atoms with Crippen molar-refractivity contribution < 1.29 is 4.74 Å². The lowest BCUT2D eigenvalue weighted by Crippen LogP contribution is -2.05. The van der Waals surface area contributed by atoms with Gasteiger partial charge in [-0.2, -0.15) is 5.10 Å². The molecule has 1 aromatic carbocycles. The standard InChI is InChI=1S/C17H25N3O/c1-6-21-16-9-13(4)7-8-15(16)18-10-14-11-20(5)19-17(14)12(2)3/h7-9,11-12,18H,6,10H2,1-5H3. The van der Waals surface area contributed by atoms with Crippen molar-refractivity contribution in [3.63, 3.8) is 0 Å². The first-order valence-corrected chi connectivity index (χ1v) is 7.51. The van der Waals surface area contributed by atoms with E-state index in [2.05, 4.69) is 55.6 Å². The quantitative estimate of drug-likeness (QED) is 0.876. The monoisotopic (exact) mass is 287 g/mol. The molecule has 0 spiro atoms. The highest BCUT2D eigenvalue weighted by molar-refractivity contribution is 5.58. The number of nitrogens with zero attached hydrogens (tertiary/aromatic N) is 2. The number of aryl methyl sites for hydroxylation is 2. The number of anilines is 1. The number of benzene rings is 1. The molecule has 0 aliphatic heterocycles. The largest absolute Gasteiger partial charge is 0.492 e. The van der Waals surface area contributed by atoms with Crippen molar-refractivity contribution in [3.8, 4) is 5.75 Å². The van der Waals surface area contributed by atoms with E-state index in [1.54, 1.807) is 0 Å². The summed E-state index contributed by atoms with van der Waals surface area (Å²) in [5.41, 5.74) is 4.61. The molecule has 1 N–H and O–H groups in total. The van der Waals surface area contributed by atoms with Crippen LogP contribution in [0.4, 0.5) is 5.69 Å². The fourth-order valence-corrected chi connectivity index (χ4v) is 2.42. The number of aromatic nitrogens is 2. The van der Waals surface area contributed by atoms with Gasteiger partial charge < -0.3 is 10.1 Å². The molecule has 2 aromatic rings. The van der Waals surface area contributed by atoms with Gasteiger partial charge in [-0.25, -0.2) is 0 Å². The van der Waals surface area contributed by atoms with Gasteiger partial charge in [0.05, 0.1) is 18.0 Å². The molecule has 21 heavy (non-hydrogen) atoms. The third-order valence-corrected chi connectivity index (χ3v) is 3.39. The molecular weight excluding hydrogens is 262 g/mol. The molecule has 0 saturated carbocycles. The van der Waals surface area contributed by atoms with Crippen LogP contribution in [0.3, 0.4) is 0 Å². The number of ether oxygens (including phenoxy) is 1. The van der Waals surface area contributed by atoms with E-state index in [0.717, 1.165) is 23.7 Å². The van der Waals surface area contributed by atoms with Gasteiger partial charge in [0.25, 0.3) is 0 Å². The van der Waals surface area contributed by atoms with Crippen LogP contribution in [0.1, 0.15) is 43.5 Å². The van der Waals surface area contributed by atoms with Crippen molar-refractivity contribution in [2.75, 3.05) is 11.9 Å². The zero-order chi connectivity index (χ0) is 15.4. The van der Waals surface area contributed by atoms with Gasteiger partial charge in [-0.05, 0) is 37.5 Å². The molecule has 0 aliphatic carbocycles. The molecule has 0 aliphatic rings. The third kappa shape index (κ3) is 3.78. The van der Waals surface area contributed by atoms with E-state index in [1.807, 2.05) is 18.7 Å². The molecule has 114 valence electrons. The molecule has 0 fully saturated rings. The molecule has 4 nitrogen and oxygen atoms in total. The number of hydrogen-bond donors (Lipinski definition) is 1. The Hall–Kier alpha value is -1.97. The molecule has 1 heterocycles. The number of hydrogen-bond acceptors (Lipinski definition) is 3. The van der Waals surface area contributed by atoms with Crippen LogP contribution < -0.4 is 10.1 Å². The summed E-state index contributed by atoms with van der Waals surface area (Å²) in [5.74, 6) is 1.33. The van der Waals surface area contributed by atoms with E-state index in [0.29, 0.717) is 12.5 Å². The molecular formula is C17H25N3O. The van der Waals surface area contributed by atoms with Crippen molar-refractivity contribution in [1.82, 2.24) is 9.78 Å². The SMILES string of the molecule is CCOc1cc(C)ccc1NCc1cn(C)nc1C(C)C. The summed E-state index contributed by atoms with van der Waals surface area (Å²) in [6.45, 7) is 9.84. The van der Waals surface area contributed by atoms with Crippen LogP contribution in [0, 0.1) is 6.92 Å². The summed E-state index contributed by atoms with van der Waals surface area (Å²) in [4.78, 5) is 0. The number of rotatable bonds is 6. The lowest BCUT2D eigenvalue weighted by molar-refractivity contribution is 0.341. The molecule has 0 amide bonds. The Morgan fingerprint density at radius 2 is 2.10 bits per heavy atom. The van der Waals surface area contributed by atoms with Crippen molar-refractivity contribution >= 4 is 5.69 Å². The van der Waals surface area contributed by atoms with Crippen molar-refractivity contribution in [2.45, 2.75) is 40.2 Å². The molecule has 0 unspecified atom stereocenters. The van der Waals surface area contributed by atoms with Crippen LogP contribution in [0.15, 0.2) is 24.4 Å². The molecule has 0 radical (unpaired) electrons. The number of nitrogens with one attached hydrogen (secondary N) is 1. The maximum atomic E-state index is 5.71. The van der Waals surface area contributed by atoms with E-state index in [9.17, 15) is 0 Å². The lowest BCUT2D eigenvalue weighted by Gasteiger charge is -2.13. The summed E-state index contributed by atoms with van der Waals surface area (Å²) < 4.78 is 7.59. The van der Waals surface area contributed by atoms with Crippen molar-refractivity contribution in [3.05, 3.63) is 41.2 Å². The highest BCUT2D eigenvalue weighted by Gasteiger charge is 2.12. The normalized spacial score (nSPS) is 11.0. The van der Waals surface area contributed by atoms with Crippen LogP contribution in [-0.2, 0) is 13.6 Å². The third-order valence-electron chi connectivity index (χ3n) is 3.39. The Balaban J connectivity index is 2.16. The Bertz CT molecular complexity index is 602. The first kappa shape index (κ1) is 15.4. The van der Waals surface area contributed by atoms with E-state index < -0.39 is 0 Å². The molecule has 1 aromatic heterocycles. The maximum absolute atomic E-state index is 5.71. The van der Waals surface area contributed by atoms with E-state index in [1.165, 1.54) is 11.1 Å². The summed E-state index contributed by atoms with van der Waals surface area (Å²) >= 11 is 0. The Labute approximate surface area is 127 Å². The second-order valence-corrected chi connectivity index (χ2v) is 5.65. The highest BCUT2D eigenvalue weighted by atomic mass is 16.5. The predicted octanol–water partition coefficient (Wildman–Crippen LogP) is 3.86. The second-order valence-electron chi connectivity index (χ2n) is 5.65. The fraction of sp³-hybridized carbons (Fsp3) is 0.471. The molecule has 0 saturated heterocycles. The first-order valence-electron chi connectivity index (χ1n) is 7.51. The van der Waals surface area contributed by atoms with Gasteiger partial charge in [0.15, 0.2) is 0 Å². The predicted molar refractivity (Wildman–Crippen MR) is 87.0 cm³/mol. The van der Waals surface area contributed by atoms with Crippen molar-refractivity contribution in [1.29, 1.82) is 0 Å². The molecule has 0 atom stereocenters. The molecule has 4 heteroatoms. The average molecular weight is 287 g/mol. The van der Waals surface area contributed by atoms with Gasteiger partial charge >= 0.3 is 0 Å². The van der Waals surface area contributed by atoms with Gasteiger partial charge in [-0.3, -0.25) is 4.68 Å².